The third-order valence-corrected chi connectivity index (χ3v) is 11.3. The Kier molecular flexibility index (Phi) is 17.2. The topological polar surface area (TPSA) is 194 Å². The highest BCUT2D eigenvalue weighted by Crippen LogP contribution is 2.39. The SMILES string of the molecule is COc1c(Cl)ccc(Cl)c1C(=O)Oc1ccc(OC(=O)c2c(Cl)ccc(Cl)c2OC)nn1.COc1c(Cl)ccc(Cl)c1C(=O)Oc1nnc(OC(=O)c2c(Cl)ccc(Cl)c2OC)c2ccccc12. The molecule has 2 aromatic heterocycles. The van der Waals surface area contributed by atoms with Gasteiger partial charge in [0.25, 0.3) is 11.8 Å². The van der Waals surface area contributed by atoms with Crippen LogP contribution in [-0.2, 0) is 0 Å². The van der Waals surface area contributed by atoms with Gasteiger partial charge < -0.3 is 37.9 Å². The van der Waals surface area contributed by atoms with Gasteiger partial charge in [0.05, 0.1) is 79.4 Å². The van der Waals surface area contributed by atoms with Crippen molar-refractivity contribution in [3.63, 3.8) is 0 Å². The number of rotatable bonds is 12. The summed E-state index contributed by atoms with van der Waals surface area (Å²) in [5, 5.41) is 16.9. The van der Waals surface area contributed by atoms with Crippen LogP contribution in [0.5, 0.6) is 46.5 Å². The molecule has 7 aromatic rings. The first-order valence-corrected chi connectivity index (χ1v) is 21.6. The van der Waals surface area contributed by atoms with Crippen LogP contribution in [-0.4, -0.2) is 72.7 Å². The van der Waals surface area contributed by atoms with Crippen LogP contribution in [0.3, 0.4) is 0 Å². The highest BCUT2D eigenvalue weighted by Gasteiger charge is 2.27. The van der Waals surface area contributed by atoms with E-state index >= 15 is 0 Å². The zero-order chi connectivity index (χ0) is 49.4. The standard InChI is InChI=1S/C24H14Cl4N2O6.C20H12Cl4N2O6/c1-33-19-15(27)9-7-13(25)17(19)23(31)35-21-11-5-3-4-6-12(11)22(30-29-21)36-24(32)18-14(26)8-10-16(28)20(18)34-2;1-29-17-11(23)5-3-9(21)15(17)19(27)31-13-7-8-14(26-25-13)32-20(28)16-10(22)4-6-12(24)18(16)30-2/h3-10H,1-2H3;3-8H,1-2H3. The normalized spacial score (nSPS) is 10.6. The minimum absolute atomic E-state index is 0.0457. The number of halogens is 8. The summed E-state index contributed by atoms with van der Waals surface area (Å²) in [5.74, 6) is -4.00. The lowest BCUT2D eigenvalue weighted by atomic mass is 10.1. The first-order chi connectivity index (χ1) is 32.5. The zero-order valence-corrected chi connectivity index (χ0v) is 40.8. The fourth-order valence-corrected chi connectivity index (χ4v) is 7.73. The van der Waals surface area contributed by atoms with Crippen LogP contribution >= 0.6 is 92.8 Å². The number of carbonyl (C=O) groups excluding carboxylic acids is 4. The maximum Gasteiger partial charge on any atom is 0.350 e. The molecule has 350 valence electrons. The predicted octanol–water partition coefficient (Wildman–Crippen LogP) is 12.2. The van der Waals surface area contributed by atoms with E-state index in [4.69, 9.17) is 131 Å². The van der Waals surface area contributed by atoms with Gasteiger partial charge in [0.2, 0.25) is 11.8 Å². The summed E-state index contributed by atoms with van der Waals surface area (Å²) < 4.78 is 41.9. The number of nitrogens with zero attached hydrogens (tertiary/aromatic N) is 4. The first-order valence-electron chi connectivity index (χ1n) is 18.6. The average molecular weight is 1090 g/mol. The molecule has 68 heavy (non-hydrogen) atoms. The van der Waals surface area contributed by atoms with Gasteiger partial charge in [0.15, 0.2) is 23.0 Å². The highest BCUT2D eigenvalue weighted by molar-refractivity contribution is 6.39. The van der Waals surface area contributed by atoms with E-state index in [1.165, 1.54) is 89.1 Å². The molecule has 0 fully saturated rings. The highest BCUT2D eigenvalue weighted by atomic mass is 35.5. The number of benzene rings is 5. The maximum atomic E-state index is 13.0. The molecule has 0 spiro atoms. The van der Waals surface area contributed by atoms with Gasteiger partial charge in [0, 0.05) is 12.1 Å². The third kappa shape index (κ3) is 11.3. The second-order valence-corrected chi connectivity index (χ2v) is 16.1. The molecule has 0 aliphatic carbocycles. The summed E-state index contributed by atoms with van der Waals surface area (Å²) >= 11 is 48.8. The van der Waals surface area contributed by atoms with Crippen LogP contribution in [0.1, 0.15) is 41.4 Å². The van der Waals surface area contributed by atoms with Crippen LogP contribution in [0.25, 0.3) is 10.8 Å². The molecule has 2 heterocycles. The quantitative estimate of drug-likeness (QED) is 0.105. The number of hydrogen-bond donors (Lipinski definition) is 0. The van der Waals surface area contributed by atoms with Crippen molar-refractivity contribution < 1.29 is 57.1 Å². The van der Waals surface area contributed by atoms with E-state index < -0.39 is 23.9 Å². The van der Waals surface area contributed by atoms with Gasteiger partial charge in [-0.3, -0.25) is 0 Å². The molecule has 0 aliphatic heterocycles. The van der Waals surface area contributed by atoms with Crippen molar-refractivity contribution in [1.82, 2.24) is 20.4 Å². The molecule has 0 amide bonds. The summed E-state index contributed by atoms with van der Waals surface area (Å²) in [4.78, 5) is 50.9. The number of ether oxygens (including phenoxy) is 8. The van der Waals surface area contributed by atoms with Gasteiger partial charge in [-0.05, 0) is 60.7 Å². The predicted molar refractivity (Wildman–Crippen MR) is 253 cm³/mol. The Morgan fingerprint density at radius 2 is 0.588 bits per heavy atom. The lowest BCUT2D eigenvalue weighted by Gasteiger charge is -2.13. The molecule has 7 rings (SSSR count). The van der Waals surface area contributed by atoms with Crippen LogP contribution in [0.4, 0.5) is 0 Å². The van der Waals surface area contributed by atoms with Gasteiger partial charge >= 0.3 is 23.9 Å². The largest absolute Gasteiger partial charge is 0.494 e. The molecule has 16 nitrogen and oxygen atoms in total. The number of aromatic nitrogens is 4. The van der Waals surface area contributed by atoms with E-state index in [0.29, 0.717) is 10.8 Å². The van der Waals surface area contributed by atoms with Crippen LogP contribution in [0.15, 0.2) is 84.9 Å². The van der Waals surface area contributed by atoms with E-state index in [1.54, 1.807) is 24.3 Å². The molecular weight excluding hydrogens is 1060 g/mol. The van der Waals surface area contributed by atoms with Crippen molar-refractivity contribution >= 4 is 127 Å². The second kappa shape index (κ2) is 22.8. The summed E-state index contributed by atoms with van der Waals surface area (Å²) in [6.45, 7) is 0. The molecule has 5 aromatic carbocycles. The minimum Gasteiger partial charge on any atom is -0.494 e. The van der Waals surface area contributed by atoms with Crippen molar-refractivity contribution in [1.29, 1.82) is 0 Å². The third-order valence-electron chi connectivity index (χ3n) is 8.88. The fourth-order valence-electron chi connectivity index (χ4n) is 5.88. The summed E-state index contributed by atoms with van der Waals surface area (Å²) in [5.41, 5.74) is -0.338. The Morgan fingerprint density at radius 3 is 0.838 bits per heavy atom. The minimum atomic E-state index is -0.876. The lowest BCUT2D eigenvalue weighted by molar-refractivity contribution is 0.0700. The first kappa shape index (κ1) is 51.3. The Labute approximate surface area is 424 Å². The smallest absolute Gasteiger partial charge is 0.350 e. The van der Waals surface area contributed by atoms with Crippen molar-refractivity contribution in [2.45, 2.75) is 0 Å². The monoisotopic (exact) mass is 1080 g/mol. The van der Waals surface area contributed by atoms with Gasteiger partial charge in [-0.1, -0.05) is 105 Å². The number of carbonyl (C=O) groups is 4. The average Bonchev–Trinajstić information content (AvgIpc) is 3.32. The lowest BCUT2D eigenvalue weighted by Crippen LogP contribution is -2.15. The van der Waals surface area contributed by atoms with Crippen LogP contribution < -0.4 is 37.9 Å². The van der Waals surface area contributed by atoms with Gasteiger partial charge in [-0.25, -0.2) is 19.2 Å². The van der Waals surface area contributed by atoms with Gasteiger partial charge in [-0.15, -0.1) is 20.4 Å². The second-order valence-electron chi connectivity index (χ2n) is 12.9. The molecule has 0 unspecified atom stereocenters. The molecular formula is C44H26Cl8N4O12. The van der Waals surface area contributed by atoms with Gasteiger partial charge in [-0.2, -0.15) is 0 Å². The molecule has 0 radical (unpaired) electrons. The molecule has 0 N–H and O–H groups in total. The van der Waals surface area contributed by atoms with Crippen molar-refractivity contribution in [2.24, 2.45) is 0 Å². The molecule has 0 saturated heterocycles. The van der Waals surface area contributed by atoms with Crippen molar-refractivity contribution in [2.75, 3.05) is 28.4 Å². The summed E-state index contributed by atoms with van der Waals surface area (Å²) in [6.07, 6.45) is 0. The van der Waals surface area contributed by atoms with E-state index in [2.05, 4.69) is 20.4 Å². The van der Waals surface area contributed by atoms with Crippen LogP contribution in [0, 0.1) is 0 Å². The molecule has 24 heteroatoms. The Hall–Kier alpha value is -6.08. The Morgan fingerprint density at radius 1 is 0.338 bits per heavy atom. The number of fused-ring (bicyclic) bond motifs is 1. The number of hydrogen-bond acceptors (Lipinski definition) is 16. The van der Waals surface area contributed by atoms with Crippen molar-refractivity contribution in [3.05, 3.63) is 147 Å². The molecule has 0 aliphatic rings. The van der Waals surface area contributed by atoms with E-state index in [9.17, 15) is 19.2 Å². The van der Waals surface area contributed by atoms with Crippen molar-refractivity contribution in [3.8, 4) is 46.5 Å². The number of esters is 4. The van der Waals surface area contributed by atoms with E-state index in [-0.39, 0.29) is 109 Å². The summed E-state index contributed by atoms with van der Waals surface area (Å²) in [7, 11) is 5.35. The van der Waals surface area contributed by atoms with E-state index in [1.807, 2.05) is 0 Å². The fraction of sp³-hybridized carbons (Fsp3) is 0.0909. The Balaban J connectivity index is 0.000000226. The molecule has 0 saturated carbocycles. The molecule has 0 atom stereocenters. The van der Waals surface area contributed by atoms with Crippen LogP contribution in [0.2, 0.25) is 40.2 Å². The number of methoxy groups -OCH3 is 4. The van der Waals surface area contributed by atoms with Gasteiger partial charge in [0.1, 0.15) is 22.3 Å². The van der Waals surface area contributed by atoms with E-state index in [0.717, 1.165) is 0 Å². The zero-order valence-electron chi connectivity index (χ0n) is 34.8. The Bertz CT molecular complexity index is 2910. The molecule has 0 bridgehead atoms. The summed E-state index contributed by atoms with van der Waals surface area (Å²) in [6, 6.07) is 20.7. The maximum absolute atomic E-state index is 13.0.